The number of nitrogens with zero attached hydrogens (tertiary/aromatic N) is 4. The Morgan fingerprint density at radius 2 is 1.88 bits per heavy atom. The van der Waals surface area contributed by atoms with Crippen molar-refractivity contribution >= 4 is 22.9 Å². The summed E-state index contributed by atoms with van der Waals surface area (Å²) in [4.78, 5) is 20.7. The normalized spacial score (nSPS) is 14.2. The zero-order valence-corrected chi connectivity index (χ0v) is 19.5. The lowest BCUT2D eigenvalue weighted by molar-refractivity contribution is 0.0920. The van der Waals surface area contributed by atoms with Gasteiger partial charge in [-0.3, -0.25) is 4.79 Å². The van der Waals surface area contributed by atoms with Crippen molar-refractivity contribution in [3.05, 3.63) is 77.7 Å². The molecule has 0 bridgehead atoms. The molecule has 4 aromatic rings. The monoisotopic (exact) mass is 477 g/mol. The Kier molecular flexibility index (Phi) is 6.27. The molecule has 34 heavy (non-hydrogen) atoms. The van der Waals surface area contributed by atoms with Crippen LogP contribution in [0.15, 0.2) is 66.0 Å². The molecule has 2 aromatic carbocycles. The highest BCUT2D eigenvalue weighted by Gasteiger charge is 2.25. The van der Waals surface area contributed by atoms with E-state index in [0.717, 1.165) is 42.2 Å². The molecule has 1 amide bonds. The number of halogens is 1. The van der Waals surface area contributed by atoms with E-state index in [1.807, 2.05) is 41.8 Å². The van der Waals surface area contributed by atoms with Gasteiger partial charge in [0, 0.05) is 24.8 Å². The van der Waals surface area contributed by atoms with Crippen molar-refractivity contribution in [3.63, 3.8) is 0 Å². The van der Waals surface area contributed by atoms with Crippen LogP contribution in [0.2, 0.25) is 0 Å². The summed E-state index contributed by atoms with van der Waals surface area (Å²) in [5.74, 6) is 0.721. The number of nitrogens with one attached hydrogen (secondary N) is 1. The number of hydrogen-bond acceptors (Lipinski definition) is 6. The second-order valence-corrected chi connectivity index (χ2v) is 9.01. The number of anilines is 1. The quantitative estimate of drug-likeness (QED) is 0.441. The van der Waals surface area contributed by atoms with Gasteiger partial charge in [-0.15, -0.1) is 16.4 Å². The van der Waals surface area contributed by atoms with Crippen LogP contribution in [0.1, 0.15) is 23.5 Å². The molecule has 9 heteroatoms. The summed E-state index contributed by atoms with van der Waals surface area (Å²) in [6, 6.07) is 17.9. The minimum atomic E-state index is -0.375. The number of aromatic nitrogens is 3. The van der Waals surface area contributed by atoms with Crippen LogP contribution in [0.5, 0.6) is 5.75 Å². The summed E-state index contributed by atoms with van der Waals surface area (Å²) in [5, 5.41) is 9.44. The number of hydrogen-bond donors (Lipinski definition) is 1. The van der Waals surface area contributed by atoms with Crippen LogP contribution in [-0.2, 0) is 0 Å². The Morgan fingerprint density at radius 3 is 2.56 bits per heavy atom. The second kappa shape index (κ2) is 9.64. The van der Waals surface area contributed by atoms with Gasteiger partial charge in [0.1, 0.15) is 11.6 Å². The third kappa shape index (κ3) is 4.65. The molecule has 1 aliphatic heterocycles. The first kappa shape index (κ1) is 22.1. The van der Waals surface area contributed by atoms with Crippen molar-refractivity contribution in [2.24, 2.45) is 0 Å². The van der Waals surface area contributed by atoms with Crippen LogP contribution in [0, 0.1) is 5.82 Å². The predicted octanol–water partition coefficient (Wildman–Crippen LogP) is 4.54. The van der Waals surface area contributed by atoms with Gasteiger partial charge in [0.05, 0.1) is 17.7 Å². The van der Waals surface area contributed by atoms with Crippen LogP contribution in [0.3, 0.4) is 0 Å². The molecule has 0 atom stereocenters. The molecular formula is C25H24FN5O2S. The summed E-state index contributed by atoms with van der Waals surface area (Å²) in [6.07, 6.45) is 1.64. The SMILES string of the molecule is COc1ccc(N2CCC(NC(=O)c3nc(-c4cccs4)n(-c4cccc(F)c4)n3)CC2)cc1. The third-order valence-corrected chi connectivity index (χ3v) is 6.74. The highest BCUT2D eigenvalue weighted by molar-refractivity contribution is 7.13. The molecule has 0 saturated carbocycles. The fraction of sp³-hybridized carbons (Fsp3) is 0.240. The fourth-order valence-electron chi connectivity index (χ4n) is 4.09. The van der Waals surface area contributed by atoms with E-state index >= 15 is 0 Å². The average Bonchev–Trinajstić information content (AvgIpc) is 3.55. The van der Waals surface area contributed by atoms with Gasteiger partial charge in [-0.2, -0.15) is 0 Å². The zero-order valence-electron chi connectivity index (χ0n) is 18.6. The maximum Gasteiger partial charge on any atom is 0.291 e. The van der Waals surface area contributed by atoms with E-state index in [2.05, 4.69) is 20.3 Å². The molecule has 3 heterocycles. The maximum atomic E-state index is 13.8. The van der Waals surface area contributed by atoms with Crippen molar-refractivity contribution in [2.75, 3.05) is 25.1 Å². The number of carbonyl (C=O) groups is 1. The lowest BCUT2D eigenvalue weighted by Crippen LogP contribution is -2.45. The van der Waals surface area contributed by atoms with E-state index in [4.69, 9.17) is 4.74 Å². The van der Waals surface area contributed by atoms with Gasteiger partial charge in [-0.25, -0.2) is 14.1 Å². The summed E-state index contributed by atoms with van der Waals surface area (Å²) < 4.78 is 20.6. The predicted molar refractivity (Wildman–Crippen MR) is 130 cm³/mol. The lowest BCUT2D eigenvalue weighted by Gasteiger charge is -2.33. The molecule has 0 aliphatic carbocycles. The first-order valence-corrected chi connectivity index (χ1v) is 12.0. The minimum absolute atomic E-state index is 0.0355. The van der Waals surface area contributed by atoms with Crippen LogP contribution in [0.25, 0.3) is 16.4 Å². The molecule has 0 unspecified atom stereocenters. The minimum Gasteiger partial charge on any atom is -0.497 e. The topological polar surface area (TPSA) is 72.3 Å². The number of benzene rings is 2. The van der Waals surface area contributed by atoms with Gasteiger partial charge in [0.2, 0.25) is 5.82 Å². The summed E-state index contributed by atoms with van der Waals surface area (Å²) in [7, 11) is 1.66. The number of thiophene rings is 1. The fourth-order valence-corrected chi connectivity index (χ4v) is 4.78. The lowest BCUT2D eigenvalue weighted by atomic mass is 10.0. The number of ether oxygens (including phenoxy) is 1. The van der Waals surface area contributed by atoms with Crippen molar-refractivity contribution in [1.29, 1.82) is 0 Å². The highest BCUT2D eigenvalue weighted by Crippen LogP contribution is 2.26. The van der Waals surface area contributed by atoms with Crippen LogP contribution < -0.4 is 15.0 Å². The third-order valence-electron chi connectivity index (χ3n) is 5.87. The van der Waals surface area contributed by atoms with Gasteiger partial charge < -0.3 is 15.0 Å². The van der Waals surface area contributed by atoms with Crippen molar-refractivity contribution in [3.8, 4) is 22.1 Å². The second-order valence-electron chi connectivity index (χ2n) is 8.06. The molecule has 0 spiro atoms. The smallest absolute Gasteiger partial charge is 0.291 e. The zero-order chi connectivity index (χ0) is 23.5. The molecule has 1 N–H and O–H groups in total. The summed E-state index contributed by atoms with van der Waals surface area (Å²) in [5.41, 5.74) is 1.66. The van der Waals surface area contributed by atoms with Crippen molar-refractivity contribution in [1.82, 2.24) is 20.1 Å². The number of piperidine rings is 1. The van der Waals surface area contributed by atoms with Crippen molar-refractivity contribution in [2.45, 2.75) is 18.9 Å². The van der Waals surface area contributed by atoms with E-state index in [-0.39, 0.29) is 23.6 Å². The molecule has 5 rings (SSSR count). The van der Waals surface area contributed by atoms with E-state index in [9.17, 15) is 9.18 Å². The van der Waals surface area contributed by atoms with Crippen LogP contribution in [-0.4, -0.2) is 46.9 Å². The molecule has 0 radical (unpaired) electrons. The number of amides is 1. The van der Waals surface area contributed by atoms with E-state index in [0.29, 0.717) is 11.5 Å². The summed E-state index contributed by atoms with van der Waals surface area (Å²) >= 11 is 1.49. The Hall–Kier alpha value is -3.72. The largest absolute Gasteiger partial charge is 0.497 e. The molecule has 7 nitrogen and oxygen atoms in total. The molecule has 174 valence electrons. The van der Waals surface area contributed by atoms with E-state index in [1.165, 1.54) is 28.2 Å². The average molecular weight is 478 g/mol. The molecule has 2 aromatic heterocycles. The Morgan fingerprint density at radius 1 is 1.09 bits per heavy atom. The molecule has 1 saturated heterocycles. The Balaban J connectivity index is 1.29. The highest BCUT2D eigenvalue weighted by atomic mass is 32.1. The molecule has 1 aliphatic rings. The van der Waals surface area contributed by atoms with Gasteiger partial charge >= 0.3 is 0 Å². The Bertz CT molecular complexity index is 1260. The van der Waals surface area contributed by atoms with Gasteiger partial charge in [0.15, 0.2) is 5.82 Å². The number of carbonyl (C=O) groups excluding carboxylic acids is 1. The Labute approximate surface area is 200 Å². The van der Waals surface area contributed by atoms with E-state index < -0.39 is 0 Å². The molecular weight excluding hydrogens is 453 g/mol. The first-order valence-electron chi connectivity index (χ1n) is 11.1. The summed E-state index contributed by atoms with van der Waals surface area (Å²) in [6.45, 7) is 1.67. The van der Waals surface area contributed by atoms with Crippen LogP contribution in [0.4, 0.5) is 10.1 Å². The first-order chi connectivity index (χ1) is 16.6. The van der Waals surface area contributed by atoms with Gasteiger partial charge in [-0.1, -0.05) is 12.1 Å². The van der Waals surface area contributed by atoms with E-state index in [1.54, 1.807) is 19.2 Å². The maximum absolute atomic E-state index is 13.8. The number of methoxy groups -OCH3 is 1. The van der Waals surface area contributed by atoms with Gasteiger partial charge in [-0.05, 0) is 66.8 Å². The molecule has 1 fully saturated rings. The van der Waals surface area contributed by atoms with Crippen molar-refractivity contribution < 1.29 is 13.9 Å². The number of rotatable bonds is 6. The van der Waals surface area contributed by atoms with Gasteiger partial charge in [0.25, 0.3) is 5.91 Å². The standard InChI is InChI=1S/C25H24FN5O2S/c1-33-21-9-7-19(8-10-21)30-13-11-18(12-14-30)27-25(32)23-28-24(22-6-3-15-34-22)31(29-23)20-5-2-4-17(26)16-20/h2-10,15-16,18H,11-14H2,1H3,(H,27,32). The van der Waals surface area contributed by atoms with Crippen LogP contribution >= 0.6 is 11.3 Å².